The third-order valence-electron chi connectivity index (χ3n) is 3.57. The molecule has 2 aliphatic carbocycles. The van der Waals surface area contributed by atoms with Gasteiger partial charge in [0.25, 0.3) is 0 Å². The van der Waals surface area contributed by atoms with Crippen LogP contribution in [0.25, 0.3) is 0 Å². The van der Waals surface area contributed by atoms with Crippen LogP contribution in [0.3, 0.4) is 0 Å². The summed E-state index contributed by atoms with van der Waals surface area (Å²) in [6, 6.07) is 0. The van der Waals surface area contributed by atoms with Gasteiger partial charge in [-0.1, -0.05) is 38.2 Å². The zero-order chi connectivity index (χ0) is 14.0. The van der Waals surface area contributed by atoms with Gasteiger partial charge in [-0.05, 0) is 30.8 Å². The van der Waals surface area contributed by atoms with Gasteiger partial charge in [0, 0.05) is 12.1 Å². The lowest BCUT2D eigenvalue weighted by Crippen LogP contribution is -2.36. The van der Waals surface area contributed by atoms with Crippen molar-refractivity contribution in [2.45, 2.75) is 45.6 Å². The van der Waals surface area contributed by atoms with E-state index in [-0.39, 0.29) is 11.2 Å². The van der Waals surface area contributed by atoms with Crippen molar-refractivity contribution in [1.29, 1.82) is 0 Å². The van der Waals surface area contributed by atoms with Crippen molar-refractivity contribution in [1.82, 2.24) is 5.32 Å². The molecule has 0 saturated heterocycles. The van der Waals surface area contributed by atoms with E-state index in [0.717, 1.165) is 18.5 Å². The molecule has 19 heavy (non-hydrogen) atoms. The SMILES string of the molecule is CC1(C)CC(O)=C(C(=S)NC2=CC=CCC2)C(O)C1. The summed E-state index contributed by atoms with van der Waals surface area (Å²) in [5.74, 6) is 0.216. The molecule has 1 unspecified atom stereocenters. The molecular formula is C15H21NO2S. The van der Waals surface area contributed by atoms with E-state index in [2.05, 4.69) is 11.4 Å². The van der Waals surface area contributed by atoms with Gasteiger partial charge in [-0.2, -0.15) is 0 Å². The predicted molar refractivity (Wildman–Crippen MR) is 80.9 cm³/mol. The highest BCUT2D eigenvalue weighted by molar-refractivity contribution is 7.80. The molecule has 0 aromatic carbocycles. The maximum Gasteiger partial charge on any atom is 0.112 e. The zero-order valence-electron chi connectivity index (χ0n) is 11.4. The van der Waals surface area contributed by atoms with Gasteiger partial charge in [0.05, 0.1) is 11.7 Å². The Labute approximate surface area is 119 Å². The Morgan fingerprint density at radius 2 is 2.21 bits per heavy atom. The first-order valence-electron chi connectivity index (χ1n) is 6.66. The van der Waals surface area contributed by atoms with E-state index in [1.54, 1.807) is 0 Å². The number of aliphatic hydroxyl groups excluding tert-OH is 2. The highest BCUT2D eigenvalue weighted by atomic mass is 32.1. The number of rotatable bonds is 2. The van der Waals surface area contributed by atoms with Gasteiger partial charge in [0.1, 0.15) is 10.7 Å². The smallest absolute Gasteiger partial charge is 0.112 e. The van der Waals surface area contributed by atoms with E-state index in [9.17, 15) is 10.2 Å². The lowest BCUT2D eigenvalue weighted by Gasteiger charge is -2.34. The van der Waals surface area contributed by atoms with E-state index < -0.39 is 6.10 Å². The minimum atomic E-state index is -0.691. The Kier molecular flexibility index (Phi) is 4.11. The number of thiocarbonyl (C=S) groups is 1. The standard InChI is InChI=1S/C15H21NO2S/c1-15(2)8-11(17)13(12(18)9-15)14(19)16-10-6-4-3-5-7-10/h3-4,6,11,17-18H,5,7-9H2,1-2H3,(H,16,19). The number of allylic oxidation sites excluding steroid dienone is 5. The van der Waals surface area contributed by atoms with Crippen molar-refractivity contribution >= 4 is 17.2 Å². The van der Waals surface area contributed by atoms with Crippen molar-refractivity contribution in [3.8, 4) is 0 Å². The van der Waals surface area contributed by atoms with Crippen LogP contribution in [-0.2, 0) is 0 Å². The lowest BCUT2D eigenvalue weighted by molar-refractivity contribution is 0.113. The first-order valence-corrected chi connectivity index (χ1v) is 7.07. The zero-order valence-corrected chi connectivity index (χ0v) is 12.3. The predicted octanol–water partition coefficient (Wildman–Crippen LogP) is 3.13. The third-order valence-corrected chi connectivity index (χ3v) is 3.89. The van der Waals surface area contributed by atoms with Gasteiger partial charge >= 0.3 is 0 Å². The Morgan fingerprint density at radius 1 is 1.47 bits per heavy atom. The number of aliphatic hydroxyl groups is 2. The molecule has 0 fully saturated rings. The molecule has 0 heterocycles. The largest absolute Gasteiger partial charge is 0.512 e. The highest BCUT2D eigenvalue weighted by Crippen LogP contribution is 2.38. The Morgan fingerprint density at radius 3 is 2.79 bits per heavy atom. The van der Waals surface area contributed by atoms with Crippen LogP contribution in [0.4, 0.5) is 0 Å². The van der Waals surface area contributed by atoms with Gasteiger partial charge in [-0.3, -0.25) is 0 Å². The van der Waals surface area contributed by atoms with Gasteiger partial charge in [-0.15, -0.1) is 0 Å². The molecule has 2 rings (SSSR count). The van der Waals surface area contributed by atoms with Crippen molar-refractivity contribution in [2.24, 2.45) is 5.41 Å². The van der Waals surface area contributed by atoms with Crippen molar-refractivity contribution < 1.29 is 10.2 Å². The molecule has 0 aliphatic heterocycles. The molecule has 0 amide bonds. The minimum absolute atomic E-state index is 0.0878. The molecule has 104 valence electrons. The summed E-state index contributed by atoms with van der Waals surface area (Å²) in [4.78, 5) is 0.446. The normalized spacial score (nSPS) is 26.1. The number of nitrogens with one attached hydrogen (secondary N) is 1. The summed E-state index contributed by atoms with van der Waals surface area (Å²) in [6.07, 6.45) is 8.45. The van der Waals surface area contributed by atoms with Crippen LogP contribution in [0, 0.1) is 5.41 Å². The fourth-order valence-corrected chi connectivity index (χ4v) is 3.03. The molecule has 0 aromatic rings. The molecule has 3 N–H and O–H groups in total. The van der Waals surface area contributed by atoms with Crippen LogP contribution in [-0.4, -0.2) is 21.3 Å². The quantitative estimate of drug-likeness (QED) is 0.680. The van der Waals surface area contributed by atoms with Crippen LogP contribution < -0.4 is 5.32 Å². The van der Waals surface area contributed by atoms with E-state index in [0.29, 0.717) is 23.4 Å². The van der Waals surface area contributed by atoms with Gasteiger partial charge in [0.15, 0.2) is 0 Å². The maximum absolute atomic E-state index is 10.2. The summed E-state index contributed by atoms with van der Waals surface area (Å²) in [5.41, 5.74) is 1.43. The third kappa shape index (κ3) is 3.45. The fourth-order valence-electron chi connectivity index (χ4n) is 2.64. The van der Waals surface area contributed by atoms with Crippen LogP contribution >= 0.6 is 12.2 Å². The van der Waals surface area contributed by atoms with Gasteiger partial charge in [0.2, 0.25) is 0 Å². The monoisotopic (exact) mass is 279 g/mol. The van der Waals surface area contributed by atoms with Crippen LogP contribution in [0.1, 0.15) is 39.5 Å². The molecule has 0 spiro atoms. The molecule has 0 bridgehead atoms. The van der Waals surface area contributed by atoms with Crippen LogP contribution in [0.5, 0.6) is 0 Å². The maximum atomic E-state index is 10.2. The summed E-state index contributed by atoms with van der Waals surface area (Å²) >= 11 is 5.33. The number of hydrogen-bond acceptors (Lipinski definition) is 3. The Bertz CT molecular complexity index is 475. The molecule has 3 nitrogen and oxygen atoms in total. The van der Waals surface area contributed by atoms with E-state index in [4.69, 9.17) is 12.2 Å². The first-order chi connectivity index (χ1) is 8.89. The second kappa shape index (κ2) is 5.47. The first kappa shape index (κ1) is 14.3. The highest BCUT2D eigenvalue weighted by Gasteiger charge is 2.34. The average Bonchev–Trinajstić information content (AvgIpc) is 2.27. The molecule has 4 heteroatoms. The minimum Gasteiger partial charge on any atom is -0.512 e. The topological polar surface area (TPSA) is 52.5 Å². The summed E-state index contributed by atoms with van der Waals surface area (Å²) in [7, 11) is 0. The average molecular weight is 279 g/mol. The molecule has 0 saturated carbocycles. The molecular weight excluding hydrogens is 258 g/mol. The van der Waals surface area contributed by atoms with Gasteiger partial charge in [-0.25, -0.2) is 0 Å². The van der Waals surface area contributed by atoms with Crippen molar-refractivity contribution in [2.75, 3.05) is 0 Å². The van der Waals surface area contributed by atoms with Gasteiger partial charge < -0.3 is 15.5 Å². The Balaban J connectivity index is 2.14. The van der Waals surface area contributed by atoms with Crippen LogP contribution in [0.2, 0.25) is 0 Å². The second-order valence-electron chi connectivity index (χ2n) is 6.03. The second-order valence-corrected chi connectivity index (χ2v) is 6.44. The van der Waals surface area contributed by atoms with E-state index >= 15 is 0 Å². The van der Waals surface area contributed by atoms with Crippen LogP contribution in [0.15, 0.2) is 35.3 Å². The molecule has 1 atom stereocenters. The summed E-state index contributed by atoms with van der Waals surface area (Å²) < 4.78 is 0. The summed E-state index contributed by atoms with van der Waals surface area (Å²) in [6.45, 7) is 4.07. The fraction of sp³-hybridized carbons (Fsp3) is 0.533. The molecule has 0 radical (unpaired) electrons. The van der Waals surface area contributed by atoms with E-state index in [1.807, 2.05) is 26.0 Å². The van der Waals surface area contributed by atoms with E-state index in [1.165, 1.54) is 0 Å². The summed E-state index contributed by atoms with van der Waals surface area (Å²) in [5, 5.41) is 23.5. The van der Waals surface area contributed by atoms with Crippen molar-refractivity contribution in [3.63, 3.8) is 0 Å². The Hall–Kier alpha value is -1.13. The number of hydrogen-bond donors (Lipinski definition) is 3. The lowest BCUT2D eigenvalue weighted by atomic mass is 9.75. The molecule has 2 aliphatic rings. The van der Waals surface area contributed by atoms with Crippen molar-refractivity contribution in [3.05, 3.63) is 35.3 Å². The molecule has 0 aromatic heterocycles.